The zero-order chi connectivity index (χ0) is 6.20. The van der Waals surface area contributed by atoms with E-state index in [1.807, 2.05) is 0 Å². The van der Waals surface area contributed by atoms with Crippen molar-refractivity contribution in [2.24, 2.45) is 0 Å². The summed E-state index contributed by atoms with van der Waals surface area (Å²) in [4.78, 5) is 0. The second-order valence-corrected chi connectivity index (χ2v) is 3.00. The van der Waals surface area contributed by atoms with Gasteiger partial charge in [-0.2, -0.15) is 0 Å². The maximum absolute atomic E-state index is 5.34. The molecule has 0 aromatic heterocycles. The molecule has 0 N–H and O–H groups in total. The molecule has 1 heterocycles. The Morgan fingerprint density at radius 3 is 2.12 bits per heavy atom. The standard InChI is InChI=1S/C7H14O/c1-4-5-6-7(2,3)8-6/h6H,4-5H2,1-3H3. The summed E-state index contributed by atoms with van der Waals surface area (Å²) in [6.07, 6.45) is 3.04. The van der Waals surface area contributed by atoms with Gasteiger partial charge in [0.1, 0.15) is 0 Å². The molecule has 1 nitrogen and oxygen atoms in total. The Morgan fingerprint density at radius 1 is 1.50 bits per heavy atom. The first kappa shape index (κ1) is 6.09. The zero-order valence-electron chi connectivity index (χ0n) is 5.90. The van der Waals surface area contributed by atoms with Crippen molar-refractivity contribution in [1.29, 1.82) is 0 Å². The van der Waals surface area contributed by atoms with E-state index in [4.69, 9.17) is 4.74 Å². The van der Waals surface area contributed by atoms with Crippen LogP contribution in [0.25, 0.3) is 0 Å². The van der Waals surface area contributed by atoms with Gasteiger partial charge in [-0.25, -0.2) is 0 Å². The van der Waals surface area contributed by atoms with E-state index in [1.54, 1.807) is 0 Å². The number of epoxide rings is 1. The molecule has 0 aromatic rings. The van der Waals surface area contributed by atoms with Crippen molar-refractivity contribution >= 4 is 0 Å². The Hall–Kier alpha value is -0.0400. The lowest BCUT2D eigenvalue weighted by Crippen LogP contribution is -2.01. The van der Waals surface area contributed by atoms with Gasteiger partial charge in [0, 0.05) is 0 Å². The van der Waals surface area contributed by atoms with Gasteiger partial charge in [0.15, 0.2) is 0 Å². The van der Waals surface area contributed by atoms with E-state index in [2.05, 4.69) is 20.8 Å². The molecule has 1 fully saturated rings. The number of hydrogen-bond donors (Lipinski definition) is 0. The van der Waals surface area contributed by atoms with Gasteiger partial charge in [-0.15, -0.1) is 0 Å². The van der Waals surface area contributed by atoms with Crippen molar-refractivity contribution in [2.45, 2.75) is 45.3 Å². The highest BCUT2D eigenvalue weighted by atomic mass is 16.6. The van der Waals surface area contributed by atoms with E-state index in [0.717, 1.165) is 0 Å². The van der Waals surface area contributed by atoms with E-state index < -0.39 is 0 Å². The number of hydrogen-bond acceptors (Lipinski definition) is 1. The van der Waals surface area contributed by atoms with Crippen molar-refractivity contribution < 1.29 is 4.74 Å². The van der Waals surface area contributed by atoms with Crippen LogP contribution in [0.15, 0.2) is 0 Å². The van der Waals surface area contributed by atoms with Crippen LogP contribution in [0.4, 0.5) is 0 Å². The maximum Gasteiger partial charge on any atom is 0.0892 e. The normalized spacial score (nSPS) is 32.6. The smallest absolute Gasteiger partial charge is 0.0892 e. The third-order valence-corrected chi connectivity index (χ3v) is 1.72. The van der Waals surface area contributed by atoms with Crippen molar-refractivity contribution in [3.8, 4) is 0 Å². The number of ether oxygens (including phenoxy) is 1. The van der Waals surface area contributed by atoms with Gasteiger partial charge in [-0.1, -0.05) is 13.3 Å². The first-order chi connectivity index (χ1) is 3.67. The van der Waals surface area contributed by atoms with Crippen LogP contribution in [0.3, 0.4) is 0 Å². The summed E-state index contributed by atoms with van der Waals surface area (Å²) in [5.74, 6) is 0. The van der Waals surface area contributed by atoms with Crippen LogP contribution in [0.2, 0.25) is 0 Å². The molecular formula is C7H14O. The molecule has 1 heteroatoms. The fourth-order valence-corrected chi connectivity index (χ4v) is 1.00. The highest BCUT2D eigenvalue weighted by Crippen LogP contribution is 2.37. The van der Waals surface area contributed by atoms with E-state index >= 15 is 0 Å². The van der Waals surface area contributed by atoms with Crippen molar-refractivity contribution in [1.82, 2.24) is 0 Å². The summed E-state index contributed by atoms with van der Waals surface area (Å²) in [6, 6.07) is 0. The minimum absolute atomic E-state index is 0.218. The average Bonchev–Trinajstić information content (AvgIpc) is 2.15. The predicted octanol–water partition coefficient (Wildman–Crippen LogP) is 1.96. The maximum atomic E-state index is 5.34. The summed E-state index contributed by atoms with van der Waals surface area (Å²) < 4.78 is 5.34. The van der Waals surface area contributed by atoms with Crippen LogP contribution in [0.5, 0.6) is 0 Å². The molecule has 48 valence electrons. The number of rotatable bonds is 2. The zero-order valence-corrected chi connectivity index (χ0v) is 5.90. The van der Waals surface area contributed by atoms with Gasteiger partial charge >= 0.3 is 0 Å². The van der Waals surface area contributed by atoms with Gasteiger partial charge in [0.2, 0.25) is 0 Å². The molecule has 8 heavy (non-hydrogen) atoms. The molecule has 0 aromatic carbocycles. The molecule has 1 aliphatic heterocycles. The van der Waals surface area contributed by atoms with Gasteiger partial charge in [-0.3, -0.25) is 0 Å². The summed E-state index contributed by atoms with van der Waals surface area (Å²) in [6.45, 7) is 6.48. The van der Waals surface area contributed by atoms with Gasteiger partial charge in [0.05, 0.1) is 11.7 Å². The summed E-state index contributed by atoms with van der Waals surface area (Å²) in [5, 5.41) is 0. The SMILES string of the molecule is CCCC1OC1(C)C. The van der Waals surface area contributed by atoms with Crippen molar-refractivity contribution in [2.75, 3.05) is 0 Å². The fourth-order valence-electron chi connectivity index (χ4n) is 1.00. The van der Waals surface area contributed by atoms with Crippen LogP contribution in [-0.2, 0) is 4.74 Å². The molecule has 1 rings (SSSR count). The van der Waals surface area contributed by atoms with Crippen LogP contribution >= 0.6 is 0 Å². The Kier molecular flexibility index (Phi) is 1.31. The molecule has 0 radical (unpaired) electrons. The molecule has 1 aliphatic rings. The summed E-state index contributed by atoms with van der Waals surface area (Å²) >= 11 is 0. The van der Waals surface area contributed by atoms with Crippen LogP contribution in [0.1, 0.15) is 33.6 Å². The van der Waals surface area contributed by atoms with Crippen molar-refractivity contribution in [3.63, 3.8) is 0 Å². The molecule has 0 amide bonds. The molecule has 0 bridgehead atoms. The van der Waals surface area contributed by atoms with Gasteiger partial charge in [-0.05, 0) is 20.3 Å². The average molecular weight is 114 g/mol. The second-order valence-electron chi connectivity index (χ2n) is 3.00. The van der Waals surface area contributed by atoms with E-state index in [-0.39, 0.29) is 5.60 Å². The largest absolute Gasteiger partial charge is 0.367 e. The summed E-state index contributed by atoms with van der Waals surface area (Å²) in [7, 11) is 0. The Balaban J connectivity index is 2.17. The topological polar surface area (TPSA) is 12.5 Å². The van der Waals surface area contributed by atoms with Crippen LogP contribution in [0, 0.1) is 0 Å². The van der Waals surface area contributed by atoms with E-state index in [0.29, 0.717) is 6.10 Å². The molecule has 1 unspecified atom stereocenters. The molecule has 0 spiro atoms. The van der Waals surface area contributed by atoms with Gasteiger partial charge < -0.3 is 4.74 Å². The first-order valence-electron chi connectivity index (χ1n) is 3.34. The fraction of sp³-hybridized carbons (Fsp3) is 1.00. The molecular weight excluding hydrogens is 100 g/mol. The Bertz CT molecular complexity index is 86.4. The molecule has 1 atom stereocenters. The monoisotopic (exact) mass is 114 g/mol. The summed E-state index contributed by atoms with van der Waals surface area (Å²) in [5.41, 5.74) is 0.218. The Labute approximate surface area is 51.0 Å². The van der Waals surface area contributed by atoms with E-state index in [1.165, 1.54) is 12.8 Å². The minimum atomic E-state index is 0.218. The second kappa shape index (κ2) is 1.73. The highest BCUT2D eigenvalue weighted by Gasteiger charge is 2.46. The third kappa shape index (κ3) is 1.03. The van der Waals surface area contributed by atoms with Crippen molar-refractivity contribution in [3.05, 3.63) is 0 Å². The lowest BCUT2D eigenvalue weighted by atomic mass is 10.1. The third-order valence-electron chi connectivity index (χ3n) is 1.72. The molecule has 0 aliphatic carbocycles. The first-order valence-corrected chi connectivity index (χ1v) is 3.34. The molecule has 0 saturated carbocycles. The van der Waals surface area contributed by atoms with Crippen LogP contribution < -0.4 is 0 Å². The predicted molar refractivity (Wildman–Crippen MR) is 33.9 cm³/mol. The van der Waals surface area contributed by atoms with Crippen LogP contribution in [-0.4, -0.2) is 11.7 Å². The quantitative estimate of drug-likeness (QED) is 0.500. The highest BCUT2D eigenvalue weighted by molar-refractivity contribution is 4.93. The van der Waals surface area contributed by atoms with E-state index in [9.17, 15) is 0 Å². The van der Waals surface area contributed by atoms with Gasteiger partial charge in [0.25, 0.3) is 0 Å². The molecule has 1 saturated heterocycles. The lowest BCUT2D eigenvalue weighted by Gasteiger charge is -1.90. The lowest BCUT2D eigenvalue weighted by molar-refractivity contribution is 0.319. The minimum Gasteiger partial charge on any atom is -0.367 e. The Morgan fingerprint density at radius 2 is 2.00 bits per heavy atom.